The highest BCUT2D eigenvalue weighted by Gasteiger charge is 2.36. The second-order valence-electron chi connectivity index (χ2n) is 4.33. The second kappa shape index (κ2) is 7.08. The minimum absolute atomic E-state index is 0. The molecule has 0 aliphatic carbocycles. The molecule has 0 spiro atoms. The number of nitrogens with zero attached hydrogens (tertiary/aromatic N) is 3. The quantitative estimate of drug-likeness (QED) is 0.640. The minimum Gasteiger partial charge on any atom is -0.478 e. The largest absolute Gasteiger partial charge is 0.478 e. The highest BCUT2D eigenvalue weighted by molar-refractivity contribution is 5.77. The van der Waals surface area contributed by atoms with Crippen LogP contribution in [0.3, 0.4) is 0 Å². The fourth-order valence-electron chi connectivity index (χ4n) is 1.92. The van der Waals surface area contributed by atoms with Crippen molar-refractivity contribution in [2.45, 2.75) is 13.1 Å². The van der Waals surface area contributed by atoms with Crippen molar-refractivity contribution in [2.24, 2.45) is 0 Å². The van der Waals surface area contributed by atoms with Crippen LogP contribution in [0.4, 0.5) is 24.7 Å². The molecule has 0 aliphatic rings. The maximum atomic E-state index is 12.9. The van der Waals surface area contributed by atoms with Gasteiger partial charge in [0, 0.05) is 6.20 Å². The van der Waals surface area contributed by atoms with Crippen molar-refractivity contribution in [2.75, 3.05) is 12.3 Å². The molecule has 2 rings (SSSR count). The first-order chi connectivity index (χ1) is 10.8. The van der Waals surface area contributed by atoms with Gasteiger partial charge < -0.3 is 16.6 Å². The van der Waals surface area contributed by atoms with Gasteiger partial charge in [-0.05, 0) is 25.1 Å². The Morgan fingerprint density at radius 1 is 1.33 bits per heavy atom. The van der Waals surface area contributed by atoms with E-state index in [9.17, 15) is 23.3 Å². The number of nitrogen functional groups attached to an aromatic ring is 1. The predicted octanol–water partition coefficient (Wildman–Crippen LogP) is 3.21. The van der Waals surface area contributed by atoms with Crippen molar-refractivity contribution in [3.05, 3.63) is 40.1 Å². The monoisotopic (exact) mass is 345 g/mol. The van der Waals surface area contributed by atoms with Crippen molar-refractivity contribution < 1.29 is 22.8 Å². The molecule has 2 aromatic rings. The molecule has 0 fully saturated rings. The standard InChI is InChI=1S/C13H11F3N4O3.H3N/c1-2-23-12-8(13(14,15)16)3-4-9(19-12)7-5-6-18-11(17)10(7)20(21)22;/h3-6H,2H2,1H3,(H2,17,18);1H3. The molecule has 0 aliphatic heterocycles. The Kier molecular flexibility index (Phi) is 5.64. The van der Waals surface area contributed by atoms with Crippen LogP contribution in [0.15, 0.2) is 24.4 Å². The van der Waals surface area contributed by atoms with E-state index in [0.717, 1.165) is 12.1 Å². The van der Waals surface area contributed by atoms with Crippen LogP contribution in [-0.2, 0) is 6.18 Å². The molecule has 0 radical (unpaired) electrons. The van der Waals surface area contributed by atoms with Crippen LogP contribution >= 0.6 is 0 Å². The summed E-state index contributed by atoms with van der Waals surface area (Å²) >= 11 is 0. The van der Waals surface area contributed by atoms with E-state index in [4.69, 9.17) is 10.5 Å². The van der Waals surface area contributed by atoms with Crippen LogP contribution in [0.5, 0.6) is 5.88 Å². The minimum atomic E-state index is -4.65. The van der Waals surface area contributed by atoms with E-state index >= 15 is 0 Å². The highest BCUT2D eigenvalue weighted by atomic mass is 19.4. The molecule has 2 aromatic heterocycles. The maximum Gasteiger partial charge on any atom is 0.421 e. The van der Waals surface area contributed by atoms with Crippen LogP contribution in [0.25, 0.3) is 11.3 Å². The van der Waals surface area contributed by atoms with Crippen LogP contribution in [0.2, 0.25) is 0 Å². The zero-order valence-corrected chi connectivity index (χ0v) is 12.5. The van der Waals surface area contributed by atoms with Crippen LogP contribution in [0.1, 0.15) is 12.5 Å². The first-order valence-corrected chi connectivity index (χ1v) is 6.36. The number of hydrogen-bond acceptors (Lipinski definition) is 7. The van der Waals surface area contributed by atoms with Gasteiger partial charge in [0.25, 0.3) is 0 Å². The number of nitrogens with two attached hydrogens (primary N) is 1. The third kappa shape index (κ3) is 3.68. The van der Waals surface area contributed by atoms with Gasteiger partial charge in [0.15, 0.2) is 0 Å². The summed E-state index contributed by atoms with van der Waals surface area (Å²) in [6.45, 7) is 1.46. The third-order valence-corrected chi connectivity index (χ3v) is 2.86. The zero-order chi connectivity index (χ0) is 17.2. The van der Waals surface area contributed by atoms with Crippen LogP contribution in [-0.4, -0.2) is 21.5 Å². The Hall–Kier alpha value is -2.95. The van der Waals surface area contributed by atoms with E-state index in [1.165, 1.54) is 19.2 Å². The molecule has 0 aromatic carbocycles. The number of rotatable bonds is 4. The lowest BCUT2D eigenvalue weighted by Gasteiger charge is -2.13. The molecule has 0 atom stereocenters. The summed E-state index contributed by atoms with van der Waals surface area (Å²) in [5.74, 6) is -1.01. The van der Waals surface area contributed by atoms with Crippen LogP contribution in [0, 0.1) is 10.1 Å². The van der Waals surface area contributed by atoms with Crippen molar-refractivity contribution in [1.29, 1.82) is 0 Å². The molecule has 8 nitrogen and oxygen atoms in total. The lowest BCUT2D eigenvalue weighted by molar-refractivity contribution is -0.383. The number of pyridine rings is 2. The Bertz CT molecular complexity index is 752. The van der Waals surface area contributed by atoms with Gasteiger partial charge in [0.05, 0.1) is 22.8 Å². The number of nitro groups is 1. The van der Waals surface area contributed by atoms with Crippen molar-refractivity contribution in [3.8, 4) is 17.1 Å². The summed E-state index contributed by atoms with van der Waals surface area (Å²) in [7, 11) is 0. The predicted molar refractivity (Wildman–Crippen MR) is 79.7 cm³/mol. The van der Waals surface area contributed by atoms with Gasteiger partial charge >= 0.3 is 11.9 Å². The molecule has 130 valence electrons. The van der Waals surface area contributed by atoms with E-state index in [-0.39, 0.29) is 29.8 Å². The first-order valence-electron chi connectivity index (χ1n) is 6.36. The average Bonchev–Trinajstić information content (AvgIpc) is 2.45. The summed E-state index contributed by atoms with van der Waals surface area (Å²) in [4.78, 5) is 17.7. The number of aromatic nitrogens is 2. The molecule has 0 saturated heterocycles. The van der Waals surface area contributed by atoms with Gasteiger partial charge in [0.2, 0.25) is 11.7 Å². The molecule has 2 heterocycles. The fraction of sp³-hybridized carbons (Fsp3) is 0.231. The Morgan fingerprint density at radius 2 is 2.00 bits per heavy atom. The lowest BCUT2D eigenvalue weighted by Crippen LogP contribution is -2.10. The molecule has 11 heteroatoms. The fourth-order valence-corrected chi connectivity index (χ4v) is 1.92. The molecule has 24 heavy (non-hydrogen) atoms. The van der Waals surface area contributed by atoms with Gasteiger partial charge in [-0.15, -0.1) is 0 Å². The maximum absolute atomic E-state index is 12.9. The van der Waals surface area contributed by atoms with Gasteiger partial charge in [-0.25, -0.2) is 9.97 Å². The zero-order valence-electron chi connectivity index (χ0n) is 12.5. The van der Waals surface area contributed by atoms with Crippen molar-refractivity contribution in [1.82, 2.24) is 16.1 Å². The van der Waals surface area contributed by atoms with Gasteiger partial charge in [-0.1, -0.05) is 0 Å². The molecular formula is C13H14F3N5O3. The van der Waals surface area contributed by atoms with Crippen molar-refractivity contribution >= 4 is 11.5 Å². The summed E-state index contributed by atoms with van der Waals surface area (Å²) in [5.41, 5.74) is 3.76. The molecule has 0 saturated carbocycles. The van der Waals surface area contributed by atoms with E-state index < -0.39 is 28.2 Å². The van der Waals surface area contributed by atoms with Crippen LogP contribution < -0.4 is 16.6 Å². The van der Waals surface area contributed by atoms with E-state index in [2.05, 4.69) is 9.97 Å². The normalized spacial score (nSPS) is 10.8. The van der Waals surface area contributed by atoms with E-state index in [0.29, 0.717) is 0 Å². The Morgan fingerprint density at radius 3 is 2.54 bits per heavy atom. The summed E-state index contributed by atoms with van der Waals surface area (Å²) in [6, 6.07) is 3.03. The molecule has 0 amide bonds. The number of halogens is 3. The summed E-state index contributed by atoms with van der Waals surface area (Å²) in [5, 5.41) is 11.1. The van der Waals surface area contributed by atoms with E-state index in [1.807, 2.05) is 0 Å². The topological polar surface area (TPSA) is 139 Å². The Labute approximate surface area is 134 Å². The Balaban J connectivity index is 0.00000288. The van der Waals surface area contributed by atoms with Gasteiger partial charge in [-0.3, -0.25) is 10.1 Å². The summed E-state index contributed by atoms with van der Waals surface area (Å²) in [6.07, 6.45) is -3.45. The number of alkyl halides is 3. The number of anilines is 1. The first kappa shape index (κ1) is 19.1. The SMILES string of the molecule is CCOc1nc(-c2ccnc(N)c2[N+](=O)[O-])ccc1C(F)(F)F.N. The number of hydrogen-bond donors (Lipinski definition) is 2. The lowest BCUT2D eigenvalue weighted by atomic mass is 10.1. The molecule has 0 bridgehead atoms. The highest BCUT2D eigenvalue weighted by Crippen LogP contribution is 2.38. The van der Waals surface area contributed by atoms with Gasteiger partial charge in [-0.2, -0.15) is 13.2 Å². The summed E-state index contributed by atoms with van der Waals surface area (Å²) < 4.78 is 43.7. The molecular weight excluding hydrogens is 331 g/mol. The third-order valence-electron chi connectivity index (χ3n) is 2.86. The molecule has 5 N–H and O–H groups in total. The van der Waals surface area contributed by atoms with E-state index in [1.54, 1.807) is 0 Å². The smallest absolute Gasteiger partial charge is 0.421 e. The second-order valence-corrected chi connectivity index (χ2v) is 4.33. The van der Waals surface area contributed by atoms with Crippen molar-refractivity contribution in [3.63, 3.8) is 0 Å². The average molecular weight is 345 g/mol. The number of ether oxygens (including phenoxy) is 1. The molecule has 0 unspecified atom stereocenters. The van der Waals surface area contributed by atoms with Gasteiger partial charge in [0.1, 0.15) is 5.56 Å².